The van der Waals surface area contributed by atoms with Gasteiger partial charge in [0, 0.05) is 18.4 Å². The first-order valence-corrected chi connectivity index (χ1v) is 22.5. The van der Waals surface area contributed by atoms with Crippen LogP contribution in [-0.4, -0.2) is 47.0 Å². The highest BCUT2D eigenvalue weighted by Gasteiger charge is 2.65. The third kappa shape index (κ3) is 9.09. The van der Waals surface area contributed by atoms with Gasteiger partial charge in [0.2, 0.25) is 6.41 Å². The van der Waals surface area contributed by atoms with Crippen LogP contribution in [-0.2, 0) is 17.8 Å². The Balaban J connectivity index is 0.000000436. The maximum Gasteiger partial charge on any atom is 0.337 e. The number of hydrogen-bond donors (Lipinski definition) is 3. The lowest BCUT2D eigenvalue weighted by Crippen LogP contribution is -2.61. The van der Waals surface area contributed by atoms with Crippen molar-refractivity contribution in [2.24, 2.45) is 57.0 Å². The molecule has 6 aliphatic rings. The van der Waals surface area contributed by atoms with Crippen LogP contribution in [0.25, 0.3) is 5.70 Å². The van der Waals surface area contributed by atoms with E-state index in [9.17, 15) is 4.79 Å². The van der Waals surface area contributed by atoms with E-state index in [0.717, 1.165) is 59.5 Å². The van der Waals surface area contributed by atoms with Gasteiger partial charge in [0.05, 0.1) is 17.8 Å². The molecule has 8 unspecified atom stereocenters. The van der Waals surface area contributed by atoms with Gasteiger partial charge in [-0.3, -0.25) is 14.7 Å². The van der Waals surface area contributed by atoms with E-state index < -0.39 is 5.97 Å². The zero-order chi connectivity index (χ0) is 40.8. The summed E-state index contributed by atoms with van der Waals surface area (Å²) in [5.41, 5.74) is 10.8. The quantitative estimate of drug-likeness (QED) is 0.164. The Kier molecular flexibility index (Phi) is 13.8. The molecule has 1 amide bonds. The van der Waals surface area contributed by atoms with Crippen LogP contribution in [0.3, 0.4) is 0 Å². The summed E-state index contributed by atoms with van der Waals surface area (Å²) in [7, 11) is 0. The van der Waals surface area contributed by atoms with E-state index in [2.05, 4.69) is 86.1 Å². The molecule has 6 fully saturated rings. The summed E-state index contributed by atoms with van der Waals surface area (Å²) in [5, 5.41) is 12.5. The topological polar surface area (TPSA) is 109 Å². The van der Waals surface area contributed by atoms with E-state index in [-0.39, 0.29) is 12.0 Å². The van der Waals surface area contributed by atoms with Gasteiger partial charge in [-0.25, -0.2) is 4.79 Å². The lowest BCUT2D eigenvalue weighted by atomic mass is 9.36. The number of rotatable bonds is 10. The Bertz CT molecular complexity index is 1700. The summed E-state index contributed by atoms with van der Waals surface area (Å²) < 4.78 is 0. The highest BCUT2D eigenvalue weighted by Crippen LogP contribution is 2.73. The standard InChI is InChI=1S/C42H58N2O2.C7H13N.CH3NO/c1-28(43-27-32-13-12-31(26-44-32)38(45)46)30-10-6-9-29(25-30)16-23-42-21-7-11-35(42)33-14-15-37-40(4,34(33)17-24-42)22-18-36-39(2,3)19-8-20-41(36,37)5;1-2-5-8-6-3-4-7-8;2-1-3/h6,9-10,12-13,25-26,33-37,43H,1,7-8,11,14-24,27H2,2-5H3,(H,45,46);2H,1,3-7H2;1H,(H2,2,3). The minimum absolute atomic E-state index is 0.208. The second-order valence-corrected chi connectivity index (χ2v) is 20.1. The molecule has 1 aromatic carbocycles. The van der Waals surface area contributed by atoms with Gasteiger partial charge < -0.3 is 16.2 Å². The number of pyridine rings is 1. The fourth-order valence-electron chi connectivity index (χ4n) is 14.3. The monoisotopic (exact) mass is 779 g/mol. The molecule has 7 nitrogen and oxygen atoms in total. The molecule has 1 aliphatic heterocycles. The third-order valence-corrected chi connectivity index (χ3v) is 16.8. The smallest absolute Gasteiger partial charge is 0.337 e. The van der Waals surface area contributed by atoms with E-state index >= 15 is 0 Å². The van der Waals surface area contributed by atoms with Crippen LogP contribution < -0.4 is 11.1 Å². The molecule has 1 saturated heterocycles. The van der Waals surface area contributed by atoms with Crippen molar-refractivity contribution >= 4 is 18.1 Å². The Hall–Kier alpha value is -3.45. The number of carbonyl (C=O) groups excluding carboxylic acids is 1. The Morgan fingerprint density at radius 3 is 2.37 bits per heavy atom. The normalized spacial score (nSPS) is 33.6. The number of carboxylic acid groups (broad SMARTS) is 1. The van der Waals surface area contributed by atoms with Gasteiger partial charge in [-0.2, -0.15) is 0 Å². The fourth-order valence-corrected chi connectivity index (χ4v) is 14.3. The molecular weight excluding hydrogens is 705 g/mol. The average molecular weight is 779 g/mol. The number of likely N-dealkylation sites (tertiary alicyclic amines) is 1. The van der Waals surface area contributed by atoms with Crippen LogP contribution in [0.4, 0.5) is 0 Å². The zero-order valence-corrected chi connectivity index (χ0v) is 35.9. The molecule has 0 radical (unpaired) electrons. The van der Waals surface area contributed by atoms with Crippen molar-refractivity contribution in [3.05, 3.63) is 84.2 Å². The summed E-state index contributed by atoms with van der Waals surface area (Å²) in [6.07, 6.45) is 26.5. The maximum atomic E-state index is 11.1. The molecule has 2 heterocycles. The number of nitrogens with one attached hydrogen (secondary N) is 1. The Morgan fingerprint density at radius 2 is 1.67 bits per heavy atom. The summed E-state index contributed by atoms with van der Waals surface area (Å²) in [4.78, 5) is 26.4. The largest absolute Gasteiger partial charge is 0.478 e. The van der Waals surface area contributed by atoms with Gasteiger partial charge in [-0.15, -0.1) is 6.58 Å². The van der Waals surface area contributed by atoms with Gasteiger partial charge in [0.25, 0.3) is 0 Å². The number of carboxylic acids is 1. The molecule has 1 aromatic heterocycles. The molecule has 57 heavy (non-hydrogen) atoms. The predicted molar refractivity (Wildman–Crippen MR) is 233 cm³/mol. The summed E-state index contributed by atoms with van der Waals surface area (Å²) >= 11 is 0. The van der Waals surface area contributed by atoms with Crippen LogP contribution in [0.1, 0.15) is 151 Å². The Morgan fingerprint density at radius 1 is 0.895 bits per heavy atom. The van der Waals surface area contributed by atoms with E-state index in [1.807, 2.05) is 6.08 Å². The SMILES string of the molecule is C=C(NCc1ccc(C(=O)O)cn1)c1cccc(CCC23CCCC2C2CCC4C(C)(CCC5C(C)(C)CCCC54C)C2CC3)c1.C=CCN1CCCC1.NC=O. The van der Waals surface area contributed by atoms with E-state index in [4.69, 9.17) is 9.90 Å². The first-order chi connectivity index (χ1) is 27.3. The third-order valence-electron chi connectivity index (χ3n) is 16.8. The number of nitrogens with zero attached hydrogens (tertiary/aromatic N) is 2. The first-order valence-electron chi connectivity index (χ1n) is 22.5. The van der Waals surface area contributed by atoms with E-state index in [0.29, 0.717) is 28.2 Å². The molecule has 0 spiro atoms. The maximum absolute atomic E-state index is 11.1. The highest BCUT2D eigenvalue weighted by molar-refractivity contribution is 5.87. The van der Waals surface area contributed by atoms with Crippen molar-refractivity contribution in [1.82, 2.24) is 15.2 Å². The van der Waals surface area contributed by atoms with E-state index in [1.54, 1.807) is 12.1 Å². The van der Waals surface area contributed by atoms with E-state index in [1.165, 1.54) is 121 Å². The number of amides is 1. The van der Waals surface area contributed by atoms with Crippen LogP contribution >= 0.6 is 0 Å². The number of primary amides is 1. The highest BCUT2D eigenvalue weighted by atomic mass is 16.4. The van der Waals surface area contributed by atoms with Crippen LogP contribution in [0.5, 0.6) is 0 Å². The van der Waals surface area contributed by atoms with Gasteiger partial charge in [-0.1, -0.05) is 71.4 Å². The van der Waals surface area contributed by atoms with Crippen LogP contribution in [0.2, 0.25) is 0 Å². The van der Waals surface area contributed by atoms with Crippen molar-refractivity contribution in [3.63, 3.8) is 0 Å². The minimum Gasteiger partial charge on any atom is -0.478 e. The molecule has 2 aromatic rings. The lowest BCUT2D eigenvalue weighted by Gasteiger charge is -2.68. The number of aromatic nitrogens is 1. The van der Waals surface area contributed by atoms with Crippen molar-refractivity contribution in [3.8, 4) is 0 Å². The predicted octanol–water partition coefficient (Wildman–Crippen LogP) is 10.7. The number of aromatic carboxylic acids is 1. The minimum atomic E-state index is -0.952. The van der Waals surface area contributed by atoms with Crippen LogP contribution in [0.15, 0.2) is 61.8 Å². The van der Waals surface area contributed by atoms with Gasteiger partial charge in [0.15, 0.2) is 0 Å². The first kappa shape index (κ1) is 43.1. The van der Waals surface area contributed by atoms with Crippen molar-refractivity contribution in [2.45, 2.75) is 137 Å². The molecule has 8 rings (SSSR count). The number of fused-ring (bicyclic) bond motifs is 7. The summed E-state index contributed by atoms with van der Waals surface area (Å²) in [6.45, 7) is 22.9. The van der Waals surface area contributed by atoms with Crippen LogP contribution in [0, 0.1) is 51.2 Å². The molecule has 8 atom stereocenters. The second-order valence-electron chi connectivity index (χ2n) is 20.1. The molecule has 7 heteroatoms. The number of aryl methyl sites for hydroxylation is 1. The molecule has 0 bridgehead atoms. The van der Waals surface area contributed by atoms with Crippen molar-refractivity contribution in [1.29, 1.82) is 0 Å². The Labute approximate surface area is 344 Å². The second kappa shape index (κ2) is 18.2. The molecule has 312 valence electrons. The summed E-state index contributed by atoms with van der Waals surface area (Å²) in [6, 6.07) is 12.3. The van der Waals surface area contributed by atoms with Crippen molar-refractivity contribution in [2.75, 3.05) is 19.6 Å². The molecule has 5 saturated carbocycles. The van der Waals surface area contributed by atoms with Gasteiger partial charge in [0.1, 0.15) is 0 Å². The van der Waals surface area contributed by atoms with Gasteiger partial charge >= 0.3 is 5.97 Å². The lowest BCUT2D eigenvalue weighted by molar-refractivity contribution is -0.195. The molecule has 4 N–H and O–H groups in total. The van der Waals surface area contributed by atoms with Gasteiger partial charge in [-0.05, 0) is 184 Å². The molecule has 5 aliphatic carbocycles. The number of nitrogens with two attached hydrogens (primary N) is 1. The average Bonchev–Trinajstić information content (AvgIpc) is 3.87. The fraction of sp³-hybridized carbons (Fsp3) is 0.660. The van der Waals surface area contributed by atoms with Crippen molar-refractivity contribution < 1.29 is 14.7 Å². The molecular formula is C50H74N4O3. The number of hydrogen-bond acceptors (Lipinski definition) is 5. The summed E-state index contributed by atoms with van der Waals surface area (Å²) in [5.74, 6) is 3.71. The number of carbonyl (C=O) groups is 2. The zero-order valence-electron chi connectivity index (χ0n) is 35.9. The number of benzene rings is 1.